The Bertz CT molecular complexity index is 517. The van der Waals surface area contributed by atoms with Crippen LogP contribution in [0, 0.1) is 0 Å². The van der Waals surface area contributed by atoms with E-state index in [2.05, 4.69) is 4.98 Å². The van der Waals surface area contributed by atoms with Crippen molar-refractivity contribution in [1.82, 2.24) is 4.98 Å². The van der Waals surface area contributed by atoms with E-state index in [1.165, 1.54) is 0 Å². The quantitative estimate of drug-likeness (QED) is 0.883. The number of aromatic nitrogens is 1. The summed E-state index contributed by atoms with van der Waals surface area (Å²) in [5.41, 5.74) is 7.59. The average Bonchev–Trinajstić information content (AvgIpc) is 2.44. The molecule has 1 heterocycles. The minimum absolute atomic E-state index is 0.556. The van der Waals surface area contributed by atoms with E-state index >= 15 is 0 Å². The van der Waals surface area contributed by atoms with E-state index in [-0.39, 0.29) is 0 Å². The first kappa shape index (κ1) is 13.8. The van der Waals surface area contributed by atoms with Crippen molar-refractivity contribution in [2.75, 3.05) is 13.2 Å². The van der Waals surface area contributed by atoms with E-state index in [4.69, 9.17) is 22.1 Å². The summed E-state index contributed by atoms with van der Waals surface area (Å²) in [5.74, 6) is 0.814. The number of ether oxygens (including phenoxy) is 1. The Morgan fingerprint density at radius 2 is 2.00 bits per heavy atom. The molecule has 0 atom stereocenters. The number of hydrogen-bond acceptors (Lipinski definition) is 3. The monoisotopic (exact) mass is 276 g/mol. The zero-order valence-electron chi connectivity index (χ0n) is 10.7. The van der Waals surface area contributed by atoms with Crippen molar-refractivity contribution in [3.05, 3.63) is 58.9 Å². The minimum atomic E-state index is 0.556. The minimum Gasteiger partial charge on any atom is -0.493 e. The Morgan fingerprint density at radius 1 is 1.11 bits per heavy atom. The summed E-state index contributed by atoms with van der Waals surface area (Å²) in [6, 6.07) is 11.5. The summed E-state index contributed by atoms with van der Waals surface area (Å²) in [5, 5.41) is 0.709. The number of rotatable bonds is 6. The van der Waals surface area contributed by atoms with Crippen LogP contribution in [0.25, 0.3) is 0 Å². The SMILES string of the molecule is NCCc1c(Cl)cccc1OCCc1ccccn1. The lowest BCUT2D eigenvalue weighted by Gasteiger charge is -2.12. The van der Waals surface area contributed by atoms with Crippen molar-refractivity contribution in [2.24, 2.45) is 5.73 Å². The number of nitrogens with two attached hydrogens (primary N) is 1. The van der Waals surface area contributed by atoms with Gasteiger partial charge in [-0.1, -0.05) is 23.7 Å². The van der Waals surface area contributed by atoms with Gasteiger partial charge in [-0.2, -0.15) is 0 Å². The number of hydrogen-bond donors (Lipinski definition) is 1. The van der Waals surface area contributed by atoms with E-state index < -0.39 is 0 Å². The van der Waals surface area contributed by atoms with Crippen LogP contribution in [-0.4, -0.2) is 18.1 Å². The van der Waals surface area contributed by atoms with Crippen LogP contribution in [0.5, 0.6) is 5.75 Å². The molecule has 0 amide bonds. The van der Waals surface area contributed by atoms with E-state index in [0.717, 1.165) is 29.8 Å². The molecule has 4 heteroatoms. The lowest BCUT2D eigenvalue weighted by atomic mass is 10.1. The molecule has 0 spiro atoms. The first-order valence-electron chi connectivity index (χ1n) is 6.31. The highest BCUT2D eigenvalue weighted by atomic mass is 35.5. The van der Waals surface area contributed by atoms with Gasteiger partial charge in [0.2, 0.25) is 0 Å². The third kappa shape index (κ3) is 3.94. The number of nitrogens with zero attached hydrogens (tertiary/aromatic N) is 1. The van der Waals surface area contributed by atoms with Gasteiger partial charge in [-0.15, -0.1) is 0 Å². The average molecular weight is 277 g/mol. The van der Waals surface area contributed by atoms with Gasteiger partial charge in [0.05, 0.1) is 6.61 Å². The number of pyridine rings is 1. The Balaban J connectivity index is 1.97. The lowest BCUT2D eigenvalue weighted by Crippen LogP contribution is -2.08. The third-order valence-electron chi connectivity index (χ3n) is 2.81. The normalized spacial score (nSPS) is 10.4. The summed E-state index contributed by atoms with van der Waals surface area (Å²) in [4.78, 5) is 4.26. The fourth-order valence-electron chi connectivity index (χ4n) is 1.87. The second-order valence-electron chi connectivity index (χ2n) is 4.17. The van der Waals surface area contributed by atoms with Crippen LogP contribution >= 0.6 is 11.6 Å². The molecule has 2 rings (SSSR count). The van der Waals surface area contributed by atoms with Crippen LogP contribution in [0.15, 0.2) is 42.6 Å². The molecule has 0 aliphatic heterocycles. The molecule has 0 aliphatic carbocycles. The molecule has 0 saturated carbocycles. The maximum Gasteiger partial charge on any atom is 0.124 e. The van der Waals surface area contributed by atoms with Crippen LogP contribution in [0.2, 0.25) is 5.02 Å². The molecular formula is C15H17ClN2O. The second-order valence-corrected chi connectivity index (χ2v) is 4.58. The molecule has 0 radical (unpaired) electrons. The van der Waals surface area contributed by atoms with Crippen molar-refractivity contribution in [3.63, 3.8) is 0 Å². The predicted molar refractivity (Wildman–Crippen MR) is 77.6 cm³/mol. The van der Waals surface area contributed by atoms with Crippen molar-refractivity contribution < 1.29 is 4.74 Å². The molecular weight excluding hydrogens is 260 g/mol. The Hall–Kier alpha value is -1.58. The fraction of sp³-hybridized carbons (Fsp3) is 0.267. The topological polar surface area (TPSA) is 48.1 Å². The first-order valence-corrected chi connectivity index (χ1v) is 6.69. The zero-order chi connectivity index (χ0) is 13.5. The van der Waals surface area contributed by atoms with Gasteiger partial charge >= 0.3 is 0 Å². The van der Waals surface area contributed by atoms with Gasteiger partial charge in [0.25, 0.3) is 0 Å². The molecule has 19 heavy (non-hydrogen) atoms. The Labute approximate surface area is 118 Å². The maximum absolute atomic E-state index is 6.16. The van der Waals surface area contributed by atoms with Gasteiger partial charge in [-0.3, -0.25) is 4.98 Å². The highest BCUT2D eigenvalue weighted by Gasteiger charge is 2.07. The lowest BCUT2D eigenvalue weighted by molar-refractivity contribution is 0.317. The number of halogens is 1. The summed E-state index contributed by atoms with van der Waals surface area (Å²) >= 11 is 6.16. The van der Waals surface area contributed by atoms with E-state index in [1.54, 1.807) is 6.20 Å². The molecule has 0 unspecified atom stereocenters. The van der Waals surface area contributed by atoms with Crippen LogP contribution in [-0.2, 0) is 12.8 Å². The molecule has 0 bridgehead atoms. The first-order chi connectivity index (χ1) is 9.31. The summed E-state index contributed by atoms with van der Waals surface area (Å²) < 4.78 is 5.79. The van der Waals surface area contributed by atoms with Gasteiger partial charge in [0.15, 0.2) is 0 Å². The van der Waals surface area contributed by atoms with Gasteiger partial charge in [-0.05, 0) is 37.2 Å². The highest BCUT2D eigenvalue weighted by molar-refractivity contribution is 6.31. The summed E-state index contributed by atoms with van der Waals surface area (Å²) in [6.07, 6.45) is 3.28. The molecule has 2 N–H and O–H groups in total. The molecule has 1 aromatic heterocycles. The van der Waals surface area contributed by atoms with Crippen molar-refractivity contribution in [3.8, 4) is 5.75 Å². The van der Waals surface area contributed by atoms with Crippen LogP contribution < -0.4 is 10.5 Å². The largest absolute Gasteiger partial charge is 0.493 e. The summed E-state index contributed by atoms with van der Waals surface area (Å²) in [6.45, 7) is 1.13. The predicted octanol–water partition coefficient (Wildman–Crippen LogP) is 2.86. The third-order valence-corrected chi connectivity index (χ3v) is 3.17. The summed E-state index contributed by atoms with van der Waals surface area (Å²) in [7, 11) is 0. The fourth-order valence-corrected chi connectivity index (χ4v) is 2.13. The Kier molecular flexibility index (Phi) is 5.19. The van der Waals surface area contributed by atoms with Gasteiger partial charge in [0, 0.05) is 28.9 Å². The van der Waals surface area contributed by atoms with Crippen LogP contribution in [0.4, 0.5) is 0 Å². The molecule has 2 aromatic rings. The molecule has 100 valence electrons. The van der Waals surface area contributed by atoms with Crippen LogP contribution in [0.1, 0.15) is 11.3 Å². The molecule has 0 saturated heterocycles. The van der Waals surface area contributed by atoms with E-state index in [9.17, 15) is 0 Å². The van der Waals surface area contributed by atoms with Gasteiger partial charge in [-0.25, -0.2) is 0 Å². The highest BCUT2D eigenvalue weighted by Crippen LogP contribution is 2.26. The maximum atomic E-state index is 6.16. The van der Waals surface area contributed by atoms with Crippen LogP contribution in [0.3, 0.4) is 0 Å². The standard InChI is InChI=1S/C15H17ClN2O/c16-14-5-3-6-15(13(14)7-9-17)19-11-8-12-4-1-2-10-18-12/h1-6,10H,7-9,11,17H2. The van der Waals surface area contributed by atoms with Crippen molar-refractivity contribution >= 4 is 11.6 Å². The number of benzene rings is 1. The molecule has 1 aromatic carbocycles. The van der Waals surface area contributed by atoms with Gasteiger partial charge in [0.1, 0.15) is 5.75 Å². The van der Waals surface area contributed by atoms with Crippen molar-refractivity contribution in [1.29, 1.82) is 0 Å². The van der Waals surface area contributed by atoms with Crippen molar-refractivity contribution in [2.45, 2.75) is 12.8 Å². The smallest absolute Gasteiger partial charge is 0.124 e. The van der Waals surface area contributed by atoms with E-state index in [1.807, 2.05) is 36.4 Å². The zero-order valence-corrected chi connectivity index (χ0v) is 11.4. The Morgan fingerprint density at radius 3 is 2.74 bits per heavy atom. The molecule has 3 nitrogen and oxygen atoms in total. The van der Waals surface area contributed by atoms with E-state index in [0.29, 0.717) is 18.2 Å². The van der Waals surface area contributed by atoms with Gasteiger partial charge < -0.3 is 10.5 Å². The molecule has 0 aliphatic rings. The molecule has 0 fully saturated rings. The second kappa shape index (κ2) is 7.12.